The average molecular weight is 155 g/mol. The van der Waals surface area contributed by atoms with Crippen LogP contribution in [0.15, 0.2) is 25.3 Å². The van der Waals surface area contributed by atoms with Crippen molar-refractivity contribution in [1.29, 1.82) is 0 Å². The van der Waals surface area contributed by atoms with Crippen molar-refractivity contribution in [1.82, 2.24) is 4.90 Å². The number of aliphatic hydroxyl groups excluding tert-OH is 1. The Labute approximate surface area is 68.8 Å². The van der Waals surface area contributed by atoms with E-state index >= 15 is 0 Å². The zero-order valence-electron chi connectivity index (χ0n) is 7.16. The lowest BCUT2D eigenvalue weighted by molar-refractivity contribution is 0.0171. The Morgan fingerprint density at radius 3 is 2.09 bits per heavy atom. The molecule has 0 spiro atoms. The highest BCUT2D eigenvalue weighted by Gasteiger charge is 2.08. The Morgan fingerprint density at radius 2 is 1.82 bits per heavy atom. The third-order valence-electron chi connectivity index (χ3n) is 1.51. The summed E-state index contributed by atoms with van der Waals surface area (Å²) in [5, 5.41) is 9.41. The van der Waals surface area contributed by atoms with Gasteiger partial charge in [0.25, 0.3) is 0 Å². The highest BCUT2D eigenvalue weighted by atomic mass is 16.3. The molecule has 0 aliphatic carbocycles. The summed E-state index contributed by atoms with van der Waals surface area (Å²) in [5.74, 6) is 0. The summed E-state index contributed by atoms with van der Waals surface area (Å²) in [7, 11) is 0. The first-order chi connectivity index (χ1) is 5.26. The lowest BCUT2D eigenvalue weighted by atomic mass is 10.3. The van der Waals surface area contributed by atoms with E-state index in [0.717, 1.165) is 6.42 Å². The van der Waals surface area contributed by atoms with E-state index < -0.39 is 0 Å². The molecule has 1 unspecified atom stereocenters. The van der Waals surface area contributed by atoms with Crippen molar-refractivity contribution >= 4 is 0 Å². The molecule has 0 saturated heterocycles. The van der Waals surface area contributed by atoms with Crippen molar-refractivity contribution in [2.75, 3.05) is 13.1 Å². The van der Waals surface area contributed by atoms with E-state index in [1.54, 1.807) is 12.2 Å². The van der Waals surface area contributed by atoms with Gasteiger partial charge >= 0.3 is 0 Å². The van der Waals surface area contributed by atoms with Gasteiger partial charge in [-0.05, 0) is 6.42 Å². The summed E-state index contributed by atoms with van der Waals surface area (Å²) in [4.78, 5) is 1.90. The maximum Gasteiger partial charge on any atom is 0.107 e. The van der Waals surface area contributed by atoms with Crippen LogP contribution in [0, 0.1) is 0 Å². The molecule has 0 aliphatic heterocycles. The Balaban J connectivity index is 3.84. The van der Waals surface area contributed by atoms with Crippen LogP contribution in [-0.2, 0) is 0 Å². The molecule has 1 N–H and O–H groups in total. The largest absolute Gasteiger partial charge is 0.378 e. The molecule has 0 radical (unpaired) electrons. The van der Waals surface area contributed by atoms with Crippen LogP contribution in [0.4, 0.5) is 0 Å². The van der Waals surface area contributed by atoms with Crippen LogP contribution in [0.5, 0.6) is 0 Å². The maximum absolute atomic E-state index is 9.41. The van der Waals surface area contributed by atoms with Crippen LogP contribution in [-0.4, -0.2) is 29.3 Å². The van der Waals surface area contributed by atoms with E-state index in [9.17, 15) is 5.11 Å². The number of hydrogen-bond donors (Lipinski definition) is 1. The molecule has 11 heavy (non-hydrogen) atoms. The quantitative estimate of drug-likeness (QED) is 0.463. The predicted molar refractivity (Wildman–Crippen MR) is 48.3 cm³/mol. The first kappa shape index (κ1) is 10.4. The van der Waals surface area contributed by atoms with Gasteiger partial charge < -0.3 is 5.11 Å². The molecular formula is C9H17NO. The summed E-state index contributed by atoms with van der Waals surface area (Å²) in [6, 6.07) is 0. The first-order valence-electron chi connectivity index (χ1n) is 3.90. The smallest absolute Gasteiger partial charge is 0.107 e. The molecule has 64 valence electrons. The first-order valence-corrected chi connectivity index (χ1v) is 3.90. The SMILES string of the molecule is C=CCN(CC=C)C(O)CC. The van der Waals surface area contributed by atoms with E-state index in [-0.39, 0.29) is 6.23 Å². The third kappa shape index (κ3) is 3.96. The molecule has 0 amide bonds. The molecule has 1 atom stereocenters. The van der Waals surface area contributed by atoms with Crippen molar-refractivity contribution in [2.24, 2.45) is 0 Å². The number of rotatable bonds is 6. The van der Waals surface area contributed by atoms with Crippen LogP contribution >= 0.6 is 0 Å². The van der Waals surface area contributed by atoms with Gasteiger partial charge in [0.1, 0.15) is 6.23 Å². The highest BCUT2D eigenvalue weighted by Crippen LogP contribution is 1.99. The fraction of sp³-hybridized carbons (Fsp3) is 0.556. The van der Waals surface area contributed by atoms with Crippen LogP contribution in [0.2, 0.25) is 0 Å². The fourth-order valence-corrected chi connectivity index (χ4v) is 0.908. The van der Waals surface area contributed by atoms with Gasteiger partial charge in [-0.1, -0.05) is 19.1 Å². The van der Waals surface area contributed by atoms with Crippen molar-refractivity contribution < 1.29 is 5.11 Å². The van der Waals surface area contributed by atoms with Gasteiger partial charge in [-0.25, -0.2) is 0 Å². The molecule has 0 heterocycles. The number of aliphatic hydroxyl groups is 1. The molecule has 0 aliphatic rings. The summed E-state index contributed by atoms with van der Waals surface area (Å²) in [5.41, 5.74) is 0. The van der Waals surface area contributed by atoms with Gasteiger partial charge in [0.05, 0.1) is 0 Å². The zero-order chi connectivity index (χ0) is 8.69. The summed E-state index contributed by atoms with van der Waals surface area (Å²) < 4.78 is 0. The van der Waals surface area contributed by atoms with Gasteiger partial charge in [-0.2, -0.15) is 0 Å². The Hall–Kier alpha value is -0.600. The van der Waals surface area contributed by atoms with Gasteiger partial charge in [-0.15, -0.1) is 13.2 Å². The second-order valence-electron chi connectivity index (χ2n) is 2.42. The number of hydrogen-bond acceptors (Lipinski definition) is 2. The predicted octanol–water partition coefficient (Wildman–Crippen LogP) is 1.39. The van der Waals surface area contributed by atoms with E-state index in [1.165, 1.54) is 0 Å². The van der Waals surface area contributed by atoms with Crippen LogP contribution < -0.4 is 0 Å². The second-order valence-corrected chi connectivity index (χ2v) is 2.42. The Kier molecular flexibility index (Phi) is 5.80. The van der Waals surface area contributed by atoms with E-state index in [2.05, 4.69) is 13.2 Å². The van der Waals surface area contributed by atoms with Gasteiger partial charge in [0.15, 0.2) is 0 Å². The van der Waals surface area contributed by atoms with Crippen molar-refractivity contribution in [3.8, 4) is 0 Å². The van der Waals surface area contributed by atoms with Gasteiger partial charge in [0.2, 0.25) is 0 Å². The molecule has 0 fully saturated rings. The zero-order valence-corrected chi connectivity index (χ0v) is 7.16. The summed E-state index contributed by atoms with van der Waals surface area (Å²) >= 11 is 0. The lowest BCUT2D eigenvalue weighted by Crippen LogP contribution is -2.34. The van der Waals surface area contributed by atoms with Crippen molar-refractivity contribution in [3.05, 3.63) is 25.3 Å². The minimum Gasteiger partial charge on any atom is -0.378 e. The molecular weight excluding hydrogens is 138 g/mol. The van der Waals surface area contributed by atoms with Crippen molar-refractivity contribution in [2.45, 2.75) is 19.6 Å². The molecule has 0 rings (SSSR count). The molecule has 0 aromatic heterocycles. The summed E-state index contributed by atoms with van der Waals surface area (Å²) in [6.45, 7) is 10.6. The number of nitrogens with zero attached hydrogens (tertiary/aromatic N) is 1. The van der Waals surface area contributed by atoms with Gasteiger partial charge in [-0.3, -0.25) is 4.90 Å². The molecule has 0 bridgehead atoms. The third-order valence-corrected chi connectivity index (χ3v) is 1.51. The van der Waals surface area contributed by atoms with Crippen LogP contribution in [0.1, 0.15) is 13.3 Å². The van der Waals surface area contributed by atoms with E-state index in [4.69, 9.17) is 0 Å². The standard InChI is InChI=1S/C9H17NO/c1-4-7-10(8-5-2)9(11)6-3/h4-5,9,11H,1-2,6-8H2,3H3. The average Bonchev–Trinajstić information content (AvgIpc) is 2.03. The van der Waals surface area contributed by atoms with E-state index in [1.807, 2.05) is 11.8 Å². The van der Waals surface area contributed by atoms with Crippen LogP contribution in [0.3, 0.4) is 0 Å². The highest BCUT2D eigenvalue weighted by molar-refractivity contribution is 4.80. The molecule has 2 heteroatoms. The van der Waals surface area contributed by atoms with Crippen molar-refractivity contribution in [3.63, 3.8) is 0 Å². The molecule has 0 saturated carbocycles. The fourth-order valence-electron chi connectivity index (χ4n) is 0.908. The molecule has 0 aromatic rings. The monoisotopic (exact) mass is 155 g/mol. The topological polar surface area (TPSA) is 23.5 Å². The van der Waals surface area contributed by atoms with Gasteiger partial charge in [0, 0.05) is 13.1 Å². The maximum atomic E-state index is 9.41. The Morgan fingerprint density at radius 1 is 1.36 bits per heavy atom. The second kappa shape index (κ2) is 6.13. The normalized spacial score (nSPS) is 13.0. The summed E-state index contributed by atoms with van der Waals surface area (Å²) in [6.07, 6.45) is 3.93. The minimum atomic E-state index is -0.369. The minimum absolute atomic E-state index is 0.369. The van der Waals surface area contributed by atoms with Crippen LogP contribution in [0.25, 0.3) is 0 Å². The lowest BCUT2D eigenvalue weighted by Gasteiger charge is -2.23. The molecule has 2 nitrogen and oxygen atoms in total. The van der Waals surface area contributed by atoms with E-state index in [0.29, 0.717) is 13.1 Å². The molecule has 0 aromatic carbocycles. The Bertz CT molecular complexity index is 113.